The Bertz CT molecular complexity index is 364. The summed E-state index contributed by atoms with van der Waals surface area (Å²) in [5, 5.41) is 3.32. The molecule has 0 radical (unpaired) electrons. The molecule has 0 saturated heterocycles. The van der Waals surface area contributed by atoms with Crippen LogP contribution in [0.1, 0.15) is 13.8 Å². The number of thioether (sulfide) groups is 1. The van der Waals surface area contributed by atoms with Crippen LogP contribution in [0.25, 0.3) is 0 Å². The second-order valence-electron chi connectivity index (χ2n) is 3.93. The van der Waals surface area contributed by atoms with Crippen molar-refractivity contribution in [3.8, 4) is 0 Å². The maximum Gasteiger partial charge on any atom is 0.141 e. The third-order valence-corrected chi connectivity index (χ3v) is 3.94. The molecule has 0 aliphatic carbocycles. The van der Waals surface area contributed by atoms with E-state index < -0.39 is 4.99 Å². The number of nitrogen functional groups attached to an aromatic ring is 1. The summed E-state index contributed by atoms with van der Waals surface area (Å²) in [6, 6.07) is 5.83. The average Bonchev–Trinajstić information content (AvgIpc) is 2.42. The van der Waals surface area contributed by atoms with Crippen molar-refractivity contribution in [1.29, 1.82) is 0 Å². The first-order chi connectivity index (χ1) is 6.51. The summed E-state index contributed by atoms with van der Waals surface area (Å²) in [7, 11) is 0. The molecule has 1 aromatic rings. The van der Waals surface area contributed by atoms with Crippen LogP contribution in [-0.4, -0.2) is 4.99 Å². The van der Waals surface area contributed by atoms with Gasteiger partial charge in [-0.2, -0.15) is 0 Å². The smallest absolute Gasteiger partial charge is 0.141 e. The first-order valence-electron chi connectivity index (χ1n) is 4.67. The van der Waals surface area contributed by atoms with Crippen molar-refractivity contribution in [2.75, 3.05) is 11.1 Å². The van der Waals surface area contributed by atoms with E-state index in [9.17, 15) is 0 Å². The first-order valence-corrected chi connectivity index (χ1v) is 5.48. The van der Waals surface area contributed by atoms with E-state index in [1.807, 2.05) is 18.2 Å². The van der Waals surface area contributed by atoms with Crippen LogP contribution in [0.2, 0.25) is 0 Å². The van der Waals surface area contributed by atoms with Crippen molar-refractivity contribution in [2.45, 2.75) is 23.7 Å². The maximum atomic E-state index is 6.21. The molecule has 0 aromatic heterocycles. The number of hydrogen-bond acceptors (Lipinski definition) is 4. The standard InChI is InChI=1S/C10H15N3S/c1-6(2)10(12)13-8-4-3-7(11)5-9(8)14-10/h3-6,13H,11-12H2,1-2H3. The topological polar surface area (TPSA) is 64.1 Å². The molecule has 0 bridgehead atoms. The van der Waals surface area contributed by atoms with Crippen LogP contribution in [-0.2, 0) is 0 Å². The van der Waals surface area contributed by atoms with Gasteiger partial charge >= 0.3 is 0 Å². The first kappa shape index (κ1) is 9.68. The van der Waals surface area contributed by atoms with Gasteiger partial charge in [-0.25, -0.2) is 0 Å². The fraction of sp³-hybridized carbons (Fsp3) is 0.400. The number of fused-ring (bicyclic) bond motifs is 1. The van der Waals surface area contributed by atoms with E-state index in [0.717, 1.165) is 16.3 Å². The van der Waals surface area contributed by atoms with Crippen LogP contribution in [0.15, 0.2) is 23.1 Å². The molecule has 3 nitrogen and oxygen atoms in total. The maximum absolute atomic E-state index is 6.21. The Morgan fingerprint density at radius 2 is 2.14 bits per heavy atom. The monoisotopic (exact) mass is 209 g/mol. The molecule has 76 valence electrons. The fourth-order valence-corrected chi connectivity index (χ4v) is 2.59. The molecule has 1 atom stereocenters. The molecule has 1 aliphatic rings. The van der Waals surface area contributed by atoms with E-state index in [4.69, 9.17) is 11.5 Å². The SMILES string of the molecule is CC(C)C1(N)Nc2ccc(N)cc2S1. The lowest BCUT2D eigenvalue weighted by atomic mass is 10.1. The summed E-state index contributed by atoms with van der Waals surface area (Å²) < 4.78 is 0. The lowest BCUT2D eigenvalue weighted by Crippen LogP contribution is -2.46. The lowest BCUT2D eigenvalue weighted by molar-refractivity contribution is 0.500. The Labute approximate surface area is 88.2 Å². The molecule has 0 saturated carbocycles. The van der Waals surface area contributed by atoms with E-state index in [1.165, 1.54) is 0 Å². The van der Waals surface area contributed by atoms with Crippen LogP contribution in [0.3, 0.4) is 0 Å². The van der Waals surface area contributed by atoms with Crippen molar-refractivity contribution in [3.63, 3.8) is 0 Å². The number of anilines is 2. The highest BCUT2D eigenvalue weighted by molar-refractivity contribution is 8.01. The van der Waals surface area contributed by atoms with Crippen molar-refractivity contribution >= 4 is 23.1 Å². The summed E-state index contributed by atoms with van der Waals surface area (Å²) >= 11 is 1.65. The lowest BCUT2D eigenvalue weighted by Gasteiger charge is -2.28. The zero-order valence-electron chi connectivity index (χ0n) is 8.37. The highest BCUT2D eigenvalue weighted by Gasteiger charge is 2.36. The predicted molar refractivity (Wildman–Crippen MR) is 62.1 cm³/mol. The molecule has 1 aliphatic heterocycles. The van der Waals surface area contributed by atoms with E-state index in [2.05, 4.69) is 19.2 Å². The molecule has 2 rings (SSSR count). The van der Waals surface area contributed by atoms with Gasteiger partial charge in [0.25, 0.3) is 0 Å². The molecule has 14 heavy (non-hydrogen) atoms. The number of nitrogens with one attached hydrogen (secondary N) is 1. The van der Waals surface area contributed by atoms with Gasteiger partial charge in [0.1, 0.15) is 4.99 Å². The summed E-state index contributed by atoms with van der Waals surface area (Å²) in [4.78, 5) is 0.747. The van der Waals surface area contributed by atoms with Gasteiger partial charge in [-0.05, 0) is 24.1 Å². The Morgan fingerprint density at radius 3 is 2.79 bits per heavy atom. The number of rotatable bonds is 1. The van der Waals surface area contributed by atoms with E-state index in [-0.39, 0.29) is 0 Å². The average molecular weight is 209 g/mol. The van der Waals surface area contributed by atoms with Crippen LogP contribution in [0, 0.1) is 5.92 Å². The number of benzene rings is 1. The van der Waals surface area contributed by atoms with Crippen molar-refractivity contribution in [1.82, 2.24) is 0 Å². The largest absolute Gasteiger partial charge is 0.399 e. The van der Waals surface area contributed by atoms with Gasteiger partial charge in [0.15, 0.2) is 0 Å². The molecule has 0 amide bonds. The Balaban J connectivity index is 2.34. The summed E-state index contributed by atoms with van der Waals surface area (Å²) in [5.74, 6) is 0.362. The van der Waals surface area contributed by atoms with Gasteiger partial charge in [-0.3, -0.25) is 5.73 Å². The van der Waals surface area contributed by atoms with Crippen LogP contribution < -0.4 is 16.8 Å². The highest BCUT2D eigenvalue weighted by Crippen LogP contribution is 2.46. The molecule has 5 N–H and O–H groups in total. The molecule has 1 unspecified atom stereocenters. The normalized spacial score (nSPS) is 24.9. The van der Waals surface area contributed by atoms with Crippen molar-refractivity contribution in [2.24, 2.45) is 11.7 Å². The molecular formula is C10H15N3S. The molecular weight excluding hydrogens is 194 g/mol. The zero-order valence-corrected chi connectivity index (χ0v) is 9.19. The van der Waals surface area contributed by atoms with Crippen molar-refractivity contribution < 1.29 is 0 Å². The predicted octanol–water partition coefficient (Wildman–Crippen LogP) is 2.05. The molecule has 0 spiro atoms. The van der Waals surface area contributed by atoms with E-state index in [1.54, 1.807) is 11.8 Å². The van der Waals surface area contributed by atoms with Gasteiger partial charge in [-0.1, -0.05) is 25.6 Å². The van der Waals surface area contributed by atoms with Crippen LogP contribution in [0.4, 0.5) is 11.4 Å². The number of hydrogen-bond donors (Lipinski definition) is 3. The Morgan fingerprint density at radius 1 is 1.43 bits per heavy atom. The fourth-order valence-electron chi connectivity index (χ4n) is 1.41. The van der Waals surface area contributed by atoms with E-state index >= 15 is 0 Å². The molecule has 4 heteroatoms. The third-order valence-electron chi connectivity index (χ3n) is 2.47. The minimum atomic E-state index is -0.393. The second kappa shape index (κ2) is 3.07. The Hall–Kier alpha value is -0.870. The molecule has 1 heterocycles. The van der Waals surface area contributed by atoms with Crippen LogP contribution in [0.5, 0.6) is 0 Å². The van der Waals surface area contributed by atoms with Crippen molar-refractivity contribution in [3.05, 3.63) is 18.2 Å². The second-order valence-corrected chi connectivity index (χ2v) is 5.25. The highest BCUT2D eigenvalue weighted by atomic mass is 32.2. The minimum absolute atomic E-state index is 0.362. The zero-order chi connectivity index (χ0) is 10.3. The minimum Gasteiger partial charge on any atom is -0.399 e. The van der Waals surface area contributed by atoms with Gasteiger partial charge in [0, 0.05) is 10.6 Å². The van der Waals surface area contributed by atoms with Crippen LogP contribution >= 0.6 is 11.8 Å². The van der Waals surface area contributed by atoms with Gasteiger partial charge < -0.3 is 11.1 Å². The Kier molecular flexibility index (Phi) is 2.12. The summed E-state index contributed by atoms with van der Waals surface area (Å²) in [6.45, 7) is 4.21. The third kappa shape index (κ3) is 1.44. The molecule has 1 aromatic carbocycles. The van der Waals surface area contributed by atoms with Gasteiger partial charge in [0.2, 0.25) is 0 Å². The van der Waals surface area contributed by atoms with Gasteiger partial charge in [-0.15, -0.1) is 0 Å². The molecule has 0 fully saturated rings. The summed E-state index contributed by atoms with van der Waals surface area (Å²) in [5.41, 5.74) is 13.8. The number of nitrogens with two attached hydrogens (primary N) is 2. The van der Waals surface area contributed by atoms with Gasteiger partial charge in [0.05, 0.1) is 5.69 Å². The van der Waals surface area contributed by atoms with E-state index in [0.29, 0.717) is 5.92 Å². The quantitative estimate of drug-likeness (QED) is 0.619. The summed E-state index contributed by atoms with van der Waals surface area (Å²) in [6.07, 6.45) is 0.